The fraction of sp³-hybridized carbons (Fsp3) is 0.333. The van der Waals surface area contributed by atoms with Crippen molar-refractivity contribution in [1.82, 2.24) is 10.4 Å². The summed E-state index contributed by atoms with van der Waals surface area (Å²) in [6.45, 7) is 2.70. The minimum atomic E-state index is 0.735. The van der Waals surface area contributed by atoms with Gasteiger partial charge < -0.3 is 0 Å². The lowest BCUT2D eigenvalue weighted by Gasteiger charge is -2.11. The molecule has 0 saturated heterocycles. The van der Waals surface area contributed by atoms with Gasteiger partial charge in [-0.05, 0) is 6.92 Å². The van der Waals surface area contributed by atoms with E-state index in [2.05, 4.69) is 15.5 Å². The Morgan fingerprint density at radius 1 is 1.73 bits per heavy atom. The van der Waals surface area contributed by atoms with Gasteiger partial charge >= 0.3 is 0 Å². The largest absolute Gasteiger partial charge is 0.288 e. The van der Waals surface area contributed by atoms with E-state index in [1.165, 1.54) is 0 Å². The summed E-state index contributed by atoms with van der Waals surface area (Å²) in [5.74, 6) is 0.972. The van der Waals surface area contributed by atoms with E-state index >= 15 is 0 Å². The van der Waals surface area contributed by atoms with Crippen molar-refractivity contribution in [1.29, 1.82) is 0 Å². The van der Waals surface area contributed by atoms with Gasteiger partial charge in [-0.2, -0.15) is 5.10 Å². The topological polar surface area (TPSA) is 40.5 Å². The molecule has 1 aliphatic heterocycles. The van der Waals surface area contributed by atoms with Gasteiger partial charge in [0.25, 0.3) is 0 Å². The predicted molar refractivity (Wildman–Crippen MR) is 45.7 cm³/mol. The highest BCUT2D eigenvalue weighted by atomic mass is 32.1. The molecule has 0 aliphatic carbocycles. The lowest BCUT2D eigenvalue weighted by molar-refractivity contribution is 0.806. The molecule has 0 radical (unpaired) electrons. The maximum Gasteiger partial charge on any atom is 0.192 e. The Balaban J connectivity index is 2.25. The van der Waals surface area contributed by atoms with Crippen molar-refractivity contribution in [3.05, 3.63) is 11.6 Å². The molecule has 0 atom stereocenters. The normalized spacial score (nSPS) is 16.5. The van der Waals surface area contributed by atoms with Gasteiger partial charge in [0.15, 0.2) is 5.13 Å². The number of hydrogen-bond donors (Lipinski definition) is 1. The third-order valence-corrected chi connectivity index (χ3v) is 2.30. The van der Waals surface area contributed by atoms with Crippen molar-refractivity contribution in [2.75, 3.05) is 11.6 Å². The molecule has 0 spiro atoms. The van der Waals surface area contributed by atoms with E-state index in [4.69, 9.17) is 0 Å². The van der Waals surface area contributed by atoms with Crippen molar-refractivity contribution < 1.29 is 0 Å². The van der Waals surface area contributed by atoms with Crippen LogP contribution in [-0.2, 0) is 0 Å². The van der Waals surface area contributed by atoms with E-state index in [1.807, 2.05) is 17.2 Å². The van der Waals surface area contributed by atoms with Gasteiger partial charge in [-0.15, -0.1) is 11.3 Å². The SMILES string of the molecule is CC1=NNCN1c1nccs1. The van der Waals surface area contributed by atoms with Crippen molar-refractivity contribution in [3.8, 4) is 0 Å². The third kappa shape index (κ3) is 1.07. The van der Waals surface area contributed by atoms with Crippen LogP contribution in [0.5, 0.6) is 0 Å². The van der Waals surface area contributed by atoms with Crippen LogP contribution < -0.4 is 10.3 Å². The third-order valence-electron chi connectivity index (χ3n) is 1.51. The molecule has 0 bridgehead atoms. The molecule has 11 heavy (non-hydrogen) atoms. The van der Waals surface area contributed by atoms with E-state index in [0.717, 1.165) is 17.6 Å². The average molecular weight is 168 g/mol. The summed E-state index contributed by atoms with van der Waals surface area (Å²) in [5, 5.41) is 6.99. The molecule has 5 heteroatoms. The summed E-state index contributed by atoms with van der Waals surface area (Å²) < 4.78 is 0. The Morgan fingerprint density at radius 2 is 2.64 bits per heavy atom. The smallest absolute Gasteiger partial charge is 0.192 e. The number of nitrogens with zero attached hydrogens (tertiary/aromatic N) is 3. The molecule has 0 saturated carbocycles. The van der Waals surface area contributed by atoms with Gasteiger partial charge in [-0.3, -0.25) is 10.3 Å². The van der Waals surface area contributed by atoms with Gasteiger partial charge in [0, 0.05) is 11.6 Å². The Hall–Kier alpha value is -1.10. The summed E-state index contributed by atoms with van der Waals surface area (Å²) >= 11 is 1.62. The van der Waals surface area contributed by atoms with Crippen LogP contribution in [0.1, 0.15) is 6.92 Å². The quantitative estimate of drug-likeness (QED) is 0.675. The standard InChI is InChI=1S/C6H8N4S/c1-5-9-8-4-10(5)6-7-2-3-11-6/h2-3,8H,4H2,1H3. The molecule has 0 unspecified atom stereocenters. The van der Waals surface area contributed by atoms with Gasteiger partial charge in [-0.1, -0.05) is 0 Å². The lowest BCUT2D eigenvalue weighted by atomic mass is 10.6. The van der Waals surface area contributed by atoms with Crippen molar-refractivity contribution >= 4 is 22.3 Å². The van der Waals surface area contributed by atoms with E-state index < -0.39 is 0 Å². The Labute approximate surface area is 68.6 Å². The van der Waals surface area contributed by atoms with E-state index in [-0.39, 0.29) is 0 Å². The number of aromatic nitrogens is 1. The van der Waals surface area contributed by atoms with Crippen LogP contribution >= 0.6 is 11.3 Å². The van der Waals surface area contributed by atoms with E-state index in [9.17, 15) is 0 Å². The maximum absolute atomic E-state index is 4.17. The van der Waals surface area contributed by atoms with Crippen LogP contribution in [0.3, 0.4) is 0 Å². The number of nitrogens with one attached hydrogen (secondary N) is 1. The first-order valence-corrected chi connectivity index (χ1v) is 4.20. The van der Waals surface area contributed by atoms with Gasteiger partial charge in [0.1, 0.15) is 12.5 Å². The molecule has 0 fully saturated rings. The molecule has 4 nitrogen and oxygen atoms in total. The first kappa shape index (κ1) is 6.60. The van der Waals surface area contributed by atoms with Crippen molar-refractivity contribution in [3.63, 3.8) is 0 Å². The second-order valence-corrected chi connectivity index (χ2v) is 3.09. The van der Waals surface area contributed by atoms with Crippen molar-refractivity contribution in [2.24, 2.45) is 5.10 Å². The summed E-state index contributed by atoms with van der Waals surface area (Å²) in [4.78, 5) is 6.20. The number of thiazole rings is 1. The summed E-state index contributed by atoms with van der Waals surface area (Å²) in [6, 6.07) is 0. The molecular weight excluding hydrogens is 160 g/mol. The molecule has 58 valence electrons. The zero-order valence-electron chi connectivity index (χ0n) is 6.11. The van der Waals surface area contributed by atoms with Crippen LogP contribution in [0, 0.1) is 0 Å². The highest BCUT2D eigenvalue weighted by Gasteiger charge is 2.15. The Morgan fingerprint density at radius 3 is 3.18 bits per heavy atom. The van der Waals surface area contributed by atoms with Crippen LogP contribution in [0.2, 0.25) is 0 Å². The molecule has 1 aromatic rings. The maximum atomic E-state index is 4.17. The minimum Gasteiger partial charge on any atom is -0.288 e. The summed E-state index contributed by atoms with van der Waals surface area (Å²) in [7, 11) is 0. The van der Waals surface area contributed by atoms with Crippen LogP contribution in [-0.4, -0.2) is 17.5 Å². The monoisotopic (exact) mass is 168 g/mol. The predicted octanol–water partition coefficient (Wildman–Crippen LogP) is 0.844. The summed E-state index contributed by atoms with van der Waals surface area (Å²) in [6.07, 6.45) is 1.80. The van der Waals surface area contributed by atoms with E-state index in [0.29, 0.717) is 0 Å². The highest BCUT2D eigenvalue weighted by Crippen LogP contribution is 2.18. The number of hydrogen-bond acceptors (Lipinski definition) is 5. The van der Waals surface area contributed by atoms with Crippen LogP contribution in [0.15, 0.2) is 16.7 Å². The molecule has 1 aliphatic rings. The fourth-order valence-electron chi connectivity index (χ4n) is 0.951. The zero-order chi connectivity index (χ0) is 7.68. The number of rotatable bonds is 1. The molecule has 2 rings (SSSR count). The molecule has 0 amide bonds. The van der Waals surface area contributed by atoms with Gasteiger partial charge in [-0.25, -0.2) is 4.98 Å². The van der Waals surface area contributed by atoms with Crippen molar-refractivity contribution in [2.45, 2.75) is 6.92 Å². The van der Waals surface area contributed by atoms with Gasteiger partial charge in [0.2, 0.25) is 0 Å². The Kier molecular flexibility index (Phi) is 1.50. The number of hydrazone groups is 1. The average Bonchev–Trinajstić information content (AvgIpc) is 2.55. The molecule has 0 aromatic carbocycles. The minimum absolute atomic E-state index is 0.735. The van der Waals surface area contributed by atoms with Crippen LogP contribution in [0.25, 0.3) is 0 Å². The Bertz CT molecular complexity index is 266. The first-order valence-electron chi connectivity index (χ1n) is 3.32. The first-order chi connectivity index (χ1) is 5.38. The lowest BCUT2D eigenvalue weighted by Crippen LogP contribution is -2.26. The second kappa shape index (κ2) is 2.50. The zero-order valence-corrected chi connectivity index (χ0v) is 6.93. The molecule has 2 heterocycles. The highest BCUT2D eigenvalue weighted by molar-refractivity contribution is 7.13. The number of anilines is 1. The van der Waals surface area contributed by atoms with Gasteiger partial charge in [0.05, 0.1) is 0 Å². The molecular formula is C6H8N4S. The second-order valence-electron chi connectivity index (χ2n) is 2.22. The van der Waals surface area contributed by atoms with Crippen LogP contribution in [0.4, 0.5) is 5.13 Å². The van der Waals surface area contributed by atoms with E-state index in [1.54, 1.807) is 17.5 Å². The molecule has 1 aromatic heterocycles. The number of amidine groups is 1. The fourth-order valence-corrected chi connectivity index (χ4v) is 1.64. The molecule has 1 N–H and O–H groups in total. The summed E-state index contributed by atoms with van der Waals surface area (Å²) in [5.41, 5.74) is 2.89.